The number of hydrogen-bond acceptors (Lipinski definition) is 6. The van der Waals surface area contributed by atoms with Crippen LogP contribution < -0.4 is 10.1 Å². The second-order valence-electron chi connectivity index (χ2n) is 5.71. The minimum atomic E-state index is -0.687. The van der Waals surface area contributed by atoms with E-state index in [2.05, 4.69) is 5.32 Å². The predicted octanol–water partition coefficient (Wildman–Crippen LogP) is 1.52. The Morgan fingerprint density at radius 2 is 2.05 bits per heavy atom. The first-order chi connectivity index (χ1) is 10.2. The fourth-order valence-corrected chi connectivity index (χ4v) is 1.79. The van der Waals surface area contributed by atoms with Gasteiger partial charge in [0.2, 0.25) is 0 Å². The minimum absolute atomic E-state index is 0.0601. The molecule has 0 radical (unpaired) electrons. The highest BCUT2D eigenvalue weighted by Crippen LogP contribution is 2.28. The third-order valence-corrected chi connectivity index (χ3v) is 2.59. The Morgan fingerprint density at radius 1 is 1.32 bits per heavy atom. The molecule has 1 aromatic carbocycles. The molecule has 0 saturated carbocycles. The molecule has 22 heavy (non-hydrogen) atoms. The molecule has 1 aliphatic rings. The van der Waals surface area contributed by atoms with E-state index in [1.807, 2.05) is 0 Å². The summed E-state index contributed by atoms with van der Waals surface area (Å²) in [6, 6.07) is 4.48. The van der Waals surface area contributed by atoms with Gasteiger partial charge < -0.3 is 19.5 Å². The highest BCUT2D eigenvalue weighted by atomic mass is 16.6. The van der Waals surface area contributed by atoms with Crippen LogP contribution in [0.2, 0.25) is 0 Å². The van der Waals surface area contributed by atoms with Crippen molar-refractivity contribution < 1.29 is 28.6 Å². The van der Waals surface area contributed by atoms with Crippen molar-refractivity contribution in [2.45, 2.75) is 26.4 Å². The van der Waals surface area contributed by atoms with E-state index in [0.29, 0.717) is 11.4 Å². The SMILES string of the molecule is CC(C)(C)OC(=O)COC(=O)c1ccc2c(c1)NC(=O)CO2. The van der Waals surface area contributed by atoms with Crippen LogP contribution in [0.25, 0.3) is 0 Å². The maximum absolute atomic E-state index is 11.9. The van der Waals surface area contributed by atoms with E-state index in [4.69, 9.17) is 14.2 Å². The second kappa shape index (κ2) is 6.05. The highest BCUT2D eigenvalue weighted by molar-refractivity contribution is 5.98. The van der Waals surface area contributed by atoms with Gasteiger partial charge in [-0.15, -0.1) is 0 Å². The fourth-order valence-electron chi connectivity index (χ4n) is 1.79. The lowest BCUT2D eigenvalue weighted by Gasteiger charge is -2.19. The van der Waals surface area contributed by atoms with Gasteiger partial charge in [-0.3, -0.25) is 4.79 Å². The molecule has 1 aliphatic heterocycles. The summed E-state index contributed by atoms with van der Waals surface area (Å²) in [7, 11) is 0. The minimum Gasteiger partial charge on any atom is -0.482 e. The number of carbonyl (C=O) groups excluding carboxylic acids is 3. The topological polar surface area (TPSA) is 90.9 Å². The number of amides is 1. The van der Waals surface area contributed by atoms with Crippen LogP contribution in [0.3, 0.4) is 0 Å². The van der Waals surface area contributed by atoms with Crippen molar-refractivity contribution in [2.75, 3.05) is 18.5 Å². The number of benzene rings is 1. The summed E-state index contributed by atoms with van der Waals surface area (Å²) in [5.41, 5.74) is -0.0483. The number of nitrogens with one attached hydrogen (secondary N) is 1. The molecular weight excluding hydrogens is 290 g/mol. The third kappa shape index (κ3) is 4.21. The molecule has 2 rings (SSSR count). The first kappa shape index (κ1) is 15.8. The van der Waals surface area contributed by atoms with Crippen LogP contribution in [0.5, 0.6) is 5.75 Å². The van der Waals surface area contributed by atoms with Gasteiger partial charge >= 0.3 is 11.9 Å². The summed E-state index contributed by atoms with van der Waals surface area (Å²) in [4.78, 5) is 34.6. The van der Waals surface area contributed by atoms with Crippen molar-refractivity contribution in [3.63, 3.8) is 0 Å². The largest absolute Gasteiger partial charge is 0.482 e. The molecular formula is C15H17NO6. The van der Waals surface area contributed by atoms with E-state index >= 15 is 0 Å². The summed E-state index contributed by atoms with van der Waals surface area (Å²) in [6.07, 6.45) is 0. The van der Waals surface area contributed by atoms with E-state index in [9.17, 15) is 14.4 Å². The zero-order valence-electron chi connectivity index (χ0n) is 12.6. The van der Waals surface area contributed by atoms with E-state index in [1.165, 1.54) is 12.1 Å². The third-order valence-electron chi connectivity index (χ3n) is 2.59. The van der Waals surface area contributed by atoms with Crippen LogP contribution in [0.15, 0.2) is 18.2 Å². The molecule has 118 valence electrons. The highest BCUT2D eigenvalue weighted by Gasteiger charge is 2.20. The van der Waals surface area contributed by atoms with Gasteiger partial charge in [-0.05, 0) is 39.0 Å². The molecule has 0 fully saturated rings. The molecule has 7 nitrogen and oxygen atoms in total. The van der Waals surface area contributed by atoms with E-state index in [1.54, 1.807) is 26.8 Å². The lowest BCUT2D eigenvalue weighted by molar-refractivity contribution is -0.158. The Hall–Kier alpha value is -2.57. The zero-order chi connectivity index (χ0) is 16.3. The predicted molar refractivity (Wildman–Crippen MR) is 76.7 cm³/mol. The molecule has 0 spiro atoms. The fraction of sp³-hybridized carbons (Fsp3) is 0.400. The van der Waals surface area contributed by atoms with E-state index in [-0.39, 0.29) is 18.1 Å². The Bertz CT molecular complexity index is 617. The van der Waals surface area contributed by atoms with Crippen LogP contribution in [0, 0.1) is 0 Å². The normalized spacial score (nSPS) is 13.5. The molecule has 1 N–H and O–H groups in total. The Morgan fingerprint density at radius 3 is 2.73 bits per heavy atom. The molecule has 0 aromatic heterocycles. The van der Waals surface area contributed by atoms with Gasteiger partial charge in [0.25, 0.3) is 5.91 Å². The number of fused-ring (bicyclic) bond motifs is 1. The van der Waals surface area contributed by atoms with Crippen molar-refractivity contribution >= 4 is 23.5 Å². The van der Waals surface area contributed by atoms with Crippen molar-refractivity contribution in [3.05, 3.63) is 23.8 Å². The van der Waals surface area contributed by atoms with Crippen molar-refractivity contribution in [2.24, 2.45) is 0 Å². The number of anilines is 1. The second-order valence-corrected chi connectivity index (χ2v) is 5.71. The first-order valence-electron chi connectivity index (χ1n) is 6.70. The number of carbonyl (C=O) groups is 3. The summed E-state index contributed by atoms with van der Waals surface area (Å²) < 4.78 is 15.1. The lowest BCUT2D eigenvalue weighted by Crippen LogP contribution is -2.27. The maximum Gasteiger partial charge on any atom is 0.344 e. The molecule has 1 amide bonds. The van der Waals surface area contributed by atoms with Crippen molar-refractivity contribution in [3.8, 4) is 5.75 Å². The molecule has 7 heteroatoms. The number of ether oxygens (including phenoxy) is 3. The number of rotatable bonds is 3. The standard InChI is InChI=1S/C15H17NO6/c1-15(2,3)22-13(18)8-21-14(19)9-4-5-11-10(6-9)16-12(17)7-20-11/h4-6H,7-8H2,1-3H3,(H,16,17). The van der Waals surface area contributed by atoms with Gasteiger partial charge in [-0.1, -0.05) is 0 Å². The van der Waals surface area contributed by atoms with E-state index < -0.39 is 24.1 Å². The molecule has 0 saturated heterocycles. The molecule has 0 atom stereocenters. The summed E-state index contributed by atoms with van der Waals surface area (Å²) in [6.45, 7) is 4.63. The van der Waals surface area contributed by atoms with Gasteiger partial charge in [0.15, 0.2) is 13.2 Å². The quantitative estimate of drug-likeness (QED) is 0.851. The monoisotopic (exact) mass is 307 g/mol. The number of hydrogen-bond donors (Lipinski definition) is 1. The smallest absolute Gasteiger partial charge is 0.344 e. The molecule has 0 aliphatic carbocycles. The molecule has 1 heterocycles. The van der Waals surface area contributed by atoms with Gasteiger partial charge in [-0.2, -0.15) is 0 Å². The Kier molecular flexibility index (Phi) is 4.35. The summed E-state index contributed by atoms with van der Waals surface area (Å²) >= 11 is 0. The van der Waals surface area contributed by atoms with Crippen LogP contribution in [-0.2, 0) is 19.1 Å². The van der Waals surface area contributed by atoms with Gasteiger partial charge in [-0.25, -0.2) is 9.59 Å². The Labute approximate surface area is 127 Å². The van der Waals surface area contributed by atoms with Crippen molar-refractivity contribution in [1.82, 2.24) is 0 Å². The summed E-state index contributed by atoms with van der Waals surface area (Å²) in [5.74, 6) is -1.14. The molecule has 0 unspecified atom stereocenters. The van der Waals surface area contributed by atoms with Crippen LogP contribution in [0.1, 0.15) is 31.1 Å². The maximum atomic E-state index is 11.9. The summed E-state index contributed by atoms with van der Waals surface area (Å²) in [5, 5.41) is 2.59. The van der Waals surface area contributed by atoms with Gasteiger partial charge in [0, 0.05) is 0 Å². The van der Waals surface area contributed by atoms with Gasteiger partial charge in [0.05, 0.1) is 11.3 Å². The number of esters is 2. The van der Waals surface area contributed by atoms with Crippen LogP contribution in [-0.4, -0.2) is 36.7 Å². The first-order valence-corrected chi connectivity index (χ1v) is 6.70. The molecule has 0 bridgehead atoms. The average Bonchev–Trinajstić information content (AvgIpc) is 2.42. The average molecular weight is 307 g/mol. The van der Waals surface area contributed by atoms with Crippen LogP contribution >= 0.6 is 0 Å². The van der Waals surface area contributed by atoms with Crippen molar-refractivity contribution in [1.29, 1.82) is 0 Å². The van der Waals surface area contributed by atoms with Crippen LogP contribution in [0.4, 0.5) is 5.69 Å². The van der Waals surface area contributed by atoms with E-state index in [0.717, 1.165) is 0 Å². The lowest BCUT2D eigenvalue weighted by atomic mass is 10.1. The zero-order valence-corrected chi connectivity index (χ0v) is 12.6. The molecule has 1 aromatic rings. The van der Waals surface area contributed by atoms with Gasteiger partial charge in [0.1, 0.15) is 11.4 Å². The Balaban J connectivity index is 1.97.